The predicted octanol–water partition coefficient (Wildman–Crippen LogP) is 2.84. The number of hydrogen-bond donors (Lipinski definition) is 1. The fraction of sp³-hybridized carbons (Fsp3) is 0.632. The van der Waals surface area contributed by atoms with Crippen LogP contribution in [0.5, 0.6) is 0 Å². The van der Waals surface area contributed by atoms with Gasteiger partial charge in [0.05, 0.1) is 0 Å². The summed E-state index contributed by atoms with van der Waals surface area (Å²) in [4.78, 5) is 17.1. The SMILES string of the molecule is CC(C)C(NC(=O)c1ccc(S(=O)(=O)N2CCCCC2)o1)c1nc(C2CC2)no1. The summed E-state index contributed by atoms with van der Waals surface area (Å²) in [5, 5.41) is 6.62. The first-order chi connectivity index (χ1) is 13.9. The van der Waals surface area contributed by atoms with Crippen molar-refractivity contribution in [1.82, 2.24) is 19.8 Å². The van der Waals surface area contributed by atoms with E-state index in [1.165, 1.54) is 16.4 Å². The van der Waals surface area contributed by atoms with Crippen molar-refractivity contribution in [2.45, 2.75) is 63.0 Å². The van der Waals surface area contributed by atoms with E-state index in [4.69, 9.17) is 8.94 Å². The summed E-state index contributed by atoms with van der Waals surface area (Å²) in [6, 6.07) is 2.23. The highest BCUT2D eigenvalue weighted by atomic mass is 32.2. The number of aromatic nitrogens is 2. The van der Waals surface area contributed by atoms with Crippen LogP contribution >= 0.6 is 0 Å². The third-order valence-electron chi connectivity index (χ3n) is 5.33. The van der Waals surface area contributed by atoms with Crippen molar-refractivity contribution < 1.29 is 22.2 Å². The first kappa shape index (κ1) is 20.1. The average molecular weight is 423 g/mol. The van der Waals surface area contributed by atoms with Crippen LogP contribution in [0.2, 0.25) is 0 Å². The van der Waals surface area contributed by atoms with Gasteiger partial charge in [0, 0.05) is 19.0 Å². The van der Waals surface area contributed by atoms with E-state index in [9.17, 15) is 13.2 Å². The number of hydrogen-bond acceptors (Lipinski definition) is 7. The first-order valence-corrected chi connectivity index (χ1v) is 11.5. The van der Waals surface area contributed by atoms with Gasteiger partial charge in [-0.15, -0.1) is 0 Å². The van der Waals surface area contributed by atoms with Gasteiger partial charge in [-0.05, 0) is 43.7 Å². The number of nitrogens with one attached hydrogen (secondary N) is 1. The Kier molecular flexibility index (Phi) is 5.48. The molecule has 2 fully saturated rings. The predicted molar refractivity (Wildman–Crippen MR) is 103 cm³/mol. The Balaban J connectivity index is 1.48. The van der Waals surface area contributed by atoms with Crippen LogP contribution in [0.15, 0.2) is 26.2 Å². The molecule has 0 radical (unpaired) electrons. The molecule has 2 aromatic rings. The molecule has 1 aliphatic carbocycles. The van der Waals surface area contributed by atoms with Crippen molar-refractivity contribution in [3.63, 3.8) is 0 Å². The number of carbonyl (C=O) groups is 1. The van der Waals surface area contributed by atoms with Gasteiger partial charge in [0.25, 0.3) is 15.9 Å². The van der Waals surface area contributed by atoms with Gasteiger partial charge in [0.1, 0.15) is 6.04 Å². The van der Waals surface area contributed by atoms with Crippen molar-refractivity contribution in [2.24, 2.45) is 5.92 Å². The van der Waals surface area contributed by atoms with Gasteiger partial charge >= 0.3 is 0 Å². The monoisotopic (exact) mass is 422 g/mol. The third-order valence-corrected chi connectivity index (χ3v) is 7.11. The summed E-state index contributed by atoms with van der Waals surface area (Å²) in [7, 11) is -3.73. The maximum Gasteiger partial charge on any atom is 0.287 e. The Morgan fingerprint density at radius 1 is 1.21 bits per heavy atom. The molecular weight excluding hydrogens is 396 g/mol. The van der Waals surface area contributed by atoms with Gasteiger partial charge in [-0.25, -0.2) is 8.42 Å². The van der Waals surface area contributed by atoms with Crippen molar-refractivity contribution in [2.75, 3.05) is 13.1 Å². The molecule has 9 nitrogen and oxygen atoms in total. The lowest BCUT2D eigenvalue weighted by atomic mass is 10.0. The summed E-state index contributed by atoms with van der Waals surface area (Å²) < 4.78 is 37.6. The maximum absolute atomic E-state index is 12.7. The molecular formula is C19H26N4O5S. The van der Waals surface area contributed by atoms with Gasteiger partial charge in [-0.1, -0.05) is 25.4 Å². The second-order valence-electron chi connectivity index (χ2n) is 8.04. The number of nitrogens with zero attached hydrogens (tertiary/aromatic N) is 3. The maximum atomic E-state index is 12.7. The zero-order valence-corrected chi connectivity index (χ0v) is 17.4. The molecule has 1 amide bonds. The fourth-order valence-electron chi connectivity index (χ4n) is 3.42. The van der Waals surface area contributed by atoms with Crippen LogP contribution in [-0.4, -0.2) is 41.9 Å². The van der Waals surface area contributed by atoms with Crippen molar-refractivity contribution in [3.05, 3.63) is 29.6 Å². The molecule has 158 valence electrons. The van der Waals surface area contributed by atoms with Crippen LogP contribution in [0, 0.1) is 5.92 Å². The topological polar surface area (TPSA) is 119 Å². The average Bonchev–Trinajstić information content (AvgIpc) is 3.23. The standard InChI is InChI=1S/C19H26N4O5S/c1-12(2)16(19-21-17(22-28-19)13-6-7-13)20-18(24)14-8-9-15(27-14)29(25,26)23-10-4-3-5-11-23/h8-9,12-13,16H,3-7,10-11H2,1-2H3,(H,20,24). The normalized spacial score (nSPS) is 19.4. The minimum atomic E-state index is -3.73. The van der Waals surface area contributed by atoms with E-state index in [-0.39, 0.29) is 16.8 Å². The molecule has 1 aliphatic heterocycles. The molecule has 1 saturated heterocycles. The molecule has 0 spiro atoms. The molecule has 29 heavy (non-hydrogen) atoms. The number of furan rings is 1. The molecule has 4 rings (SSSR count). The number of amides is 1. The van der Waals surface area contributed by atoms with E-state index in [2.05, 4.69) is 15.5 Å². The Morgan fingerprint density at radius 3 is 2.59 bits per heavy atom. The summed E-state index contributed by atoms with van der Waals surface area (Å²) in [5.41, 5.74) is 0. The Labute approximate surface area is 169 Å². The third kappa shape index (κ3) is 4.23. The minimum absolute atomic E-state index is 0.00188. The van der Waals surface area contributed by atoms with Gasteiger partial charge in [-0.2, -0.15) is 9.29 Å². The van der Waals surface area contributed by atoms with E-state index in [1.807, 2.05) is 13.8 Å². The molecule has 1 unspecified atom stereocenters. The Bertz CT molecular complexity index is 970. The van der Waals surface area contributed by atoms with Crippen molar-refractivity contribution in [1.29, 1.82) is 0 Å². The first-order valence-electron chi connectivity index (χ1n) is 10.1. The minimum Gasteiger partial charge on any atom is -0.438 e. The van der Waals surface area contributed by atoms with Gasteiger partial charge < -0.3 is 14.3 Å². The summed E-state index contributed by atoms with van der Waals surface area (Å²) in [6.45, 7) is 4.81. The molecule has 0 aromatic carbocycles. The van der Waals surface area contributed by atoms with Crippen LogP contribution in [0.4, 0.5) is 0 Å². The highest BCUT2D eigenvalue weighted by Gasteiger charge is 2.33. The van der Waals surface area contributed by atoms with Gasteiger partial charge in [0.15, 0.2) is 11.6 Å². The number of sulfonamides is 1. The van der Waals surface area contributed by atoms with Crippen molar-refractivity contribution >= 4 is 15.9 Å². The van der Waals surface area contributed by atoms with Gasteiger partial charge in [0.2, 0.25) is 11.0 Å². The van der Waals surface area contributed by atoms with Crippen LogP contribution in [0.3, 0.4) is 0 Å². The van der Waals surface area contributed by atoms with E-state index in [0.29, 0.717) is 30.7 Å². The zero-order valence-electron chi connectivity index (χ0n) is 16.6. The molecule has 3 heterocycles. The molecule has 1 N–H and O–H groups in total. The molecule has 2 aliphatic rings. The number of piperidine rings is 1. The lowest BCUT2D eigenvalue weighted by Crippen LogP contribution is -2.35. The second kappa shape index (κ2) is 7.91. The molecule has 1 atom stereocenters. The molecule has 0 bridgehead atoms. The van der Waals surface area contributed by atoms with Gasteiger partial charge in [-0.3, -0.25) is 4.79 Å². The highest BCUT2D eigenvalue weighted by molar-refractivity contribution is 7.89. The highest BCUT2D eigenvalue weighted by Crippen LogP contribution is 2.38. The van der Waals surface area contributed by atoms with Crippen LogP contribution in [0.1, 0.15) is 80.2 Å². The molecule has 10 heteroatoms. The number of rotatable bonds is 7. The van der Waals surface area contributed by atoms with E-state index >= 15 is 0 Å². The molecule has 1 saturated carbocycles. The summed E-state index contributed by atoms with van der Waals surface area (Å²) in [5.74, 6) is 0.792. The second-order valence-corrected chi connectivity index (χ2v) is 9.91. The summed E-state index contributed by atoms with van der Waals surface area (Å²) >= 11 is 0. The van der Waals surface area contributed by atoms with Crippen LogP contribution in [-0.2, 0) is 10.0 Å². The largest absolute Gasteiger partial charge is 0.438 e. The fourth-order valence-corrected chi connectivity index (χ4v) is 4.85. The quantitative estimate of drug-likeness (QED) is 0.729. The Morgan fingerprint density at radius 2 is 1.93 bits per heavy atom. The smallest absolute Gasteiger partial charge is 0.287 e. The van der Waals surface area contributed by atoms with E-state index in [0.717, 1.165) is 32.1 Å². The van der Waals surface area contributed by atoms with Crippen molar-refractivity contribution in [3.8, 4) is 0 Å². The van der Waals surface area contributed by atoms with Crippen LogP contribution in [0.25, 0.3) is 0 Å². The molecule has 2 aromatic heterocycles. The van der Waals surface area contributed by atoms with E-state index < -0.39 is 22.0 Å². The zero-order chi connectivity index (χ0) is 20.6. The van der Waals surface area contributed by atoms with E-state index in [1.54, 1.807) is 0 Å². The lowest BCUT2D eigenvalue weighted by Gasteiger charge is -2.24. The number of carbonyl (C=O) groups excluding carboxylic acids is 1. The van der Waals surface area contributed by atoms with Crippen LogP contribution < -0.4 is 5.32 Å². The lowest BCUT2D eigenvalue weighted by molar-refractivity contribution is 0.0880. The Hall–Kier alpha value is -2.20. The summed E-state index contributed by atoms with van der Waals surface area (Å²) in [6.07, 6.45) is 4.79.